The molecule has 0 saturated carbocycles. The minimum absolute atomic E-state index is 0.730. The van der Waals surface area contributed by atoms with Gasteiger partial charge in [0.2, 0.25) is 0 Å². The molecule has 2 nitrogen and oxygen atoms in total. The number of hydrogen-bond acceptors (Lipinski definition) is 1. The molecule has 0 radical (unpaired) electrons. The molecule has 0 fully saturated rings. The van der Waals surface area contributed by atoms with Crippen LogP contribution in [0.2, 0.25) is 0 Å². The number of benzene rings is 1. The summed E-state index contributed by atoms with van der Waals surface area (Å²) in [7, 11) is 0. The maximum Gasteiger partial charge on any atom is 0.129 e. The number of rotatable bonds is 0. The maximum atomic E-state index is 5.77. The van der Waals surface area contributed by atoms with Crippen LogP contribution in [0.4, 0.5) is 0 Å². The van der Waals surface area contributed by atoms with E-state index in [1.165, 1.54) is 22.5 Å². The van der Waals surface area contributed by atoms with E-state index < -0.39 is 0 Å². The fourth-order valence-electron chi connectivity index (χ4n) is 2.64. The Kier molecular flexibility index (Phi) is 1.43. The van der Waals surface area contributed by atoms with Crippen LogP contribution in [0.1, 0.15) is 11.3 Å². The topological polar surface area (TPSA) is 14.2 Å². The molecule has 2 aliphatic heterocycles. The van der Waals surface area contributed by atoms with Crippen LogP contribution in [0.5, 0.6) is 5.75 Å². The molecule has 0 amide bonds. The molecule has 2 heteroatoms. The van der Waals surface area contributed by atoms with Crippen molar-refractivity contribution >= 4 is 5.70 Å². The van der Waals surface area contributed by atoms with Gasteiger partial charge in [-0.05, 0) is 29.8 Å². The van der Waals surface area contributed by atoms with Crippen LogP contribution in [0.3, 0.4) is 0 Å². The number of hydrogen-bond donors (Lipinski definition) is 0. The molecule has 2 aliphatic rings. The minimum atomic E-state index is 0.730. The number of para-hydroxylation sites is 1. The van der Waals surface area contributed by atoms with Gasteiger partial charge in [-0.3, -0.25) is 0 Å². The number of nitrogens with zero attached hydrogens (tertiary/aromatic N) is 1. The summed E-state index contributed by atoms with van der Waals surface area (Å²) < 4.78 is 8.06. The van der Waals surface area contributed by atoms with Gasteiger partial charge in [-0.1, -0.05) is 12.1 Å². The predicted molar refractivity (Wildman–Crippen MR) is 62.4 cm³/mol. The molecule has 78 valence electrons. The third kappa shape index (κ3) is 0.915. The van der Waals surface area contributed by atoms with Crippen LogP contribution in [0, 0.1) is 0 Å². The first-order chi connectivity index (χ1) is 7.93. The van der Waals surface area contributed by atoms with E-state index in [1.807, 2.05) is 12.1 Å². The Labute approximate surface area is 93.8 Å². The number of fused-ring (bicyclic) bond motifs is 4. The van der Waals surface area contributed by atoms with Crippen LogP contribution in [0.25, 0.3) is 5.70 Å². The molecule has 2 aromatic rings. The highest BCUT2D eigenvalue weighted by atomic mass is 16.5. The summed E-state index contributed by atoms with van der Waals surface area (Å²) in [4.78, 5) is 0. The second-order valence-corrected chi connectivity index (χ2v) is 4.28. The lowest BCUT2D eigenvalue weighted by atomic mass is 10.0. The molecular formula is C14H11NO. The van der Waals surface area contributed by atoms with E-state index in [9.17, 15) is 0 Å². The van der Waals surface area contributed by atoms with Crippen LogP contribution in [-0.2, 0) is 6.42 Å². The van der Waals surface area contributed by atoms with Gasteiger partial charge >= 0.3 is 0 Å². The van der Waals surface area contributed by atoms with Gasteiger partial charge in [-0.25, -0.2) is 0 Å². The summed E-state index contributed by atoms with van der Waals surface area (Å²) in [6.07, 6.45) is 3.16. The molecule has 1 aromatic carbocycles. The minimum Gasteiger partial charge on any atom is -0.488 e. The maximum absolute atomic E-state index is 5.77. The molecule has 16 heavy (non-hydrogen) atoms. The molecule has 0 N–H and O–H groups in total. The van der Waals surface area contributed by atoms with Crippen molar-refractivity contribution in [1.82, 2.24) is 4.57 Å². The van der Waals surface area contributed by atoms with Gasteiger partial charge in [0.05, 0.1) is 5.70 Å². The molecule has 3 heterocycles. The molecule has 0 unspecified atom stereocenters. The van der Waals surface area contributed by atoms with Crippen molar-refractivity contribution in [1.29, 1.82) is 0 Å². The number of ether oxygens (including phenoxy) is 1. The van der Waals surface area contributed by atoms with Crippen molar-refractivity contribution in [3.63, 3.8) is 0 Å². The largest absolute Gasteiger partial charge is 0.488 e. The van der Waals surface area contributed by atoms with Gasteiger partial charge in [0, 0.05) is 23.9 Å². The highest BCUT2D eigenvalue weighted by molar-refractivity contribution is 5.78. The van der Waals surface area contributed by atoms with E-state index in [-0.39, 0.29) is 0 Å². The summed E-state index contributed by atoms with van der Waals surface area (Å²) in [6.45, 7) is 0.730. The zero-order chi connectivity index (χ0) is 10.5. The van der Waals surface area contributed by atoms with Crippen LogP contribution in [0.15, 0.2) is 48.2 Å². The zero-order valence-corrected chi connectivity index (χ0v) is 8.81. The lowest BCUT2D eigenvalue weighted by molar-refractivity contribution is 0.344. The van der Waals surface area contributed by atoms with Gasteiger partial charge in [0.25, 0.3) is 0 Å². The molecule has 0 spiro atoms. The van der Waals surface area contributed by atoms with E-state index in [1.54, 1.807) is 0 Å². The Morgan fingerprint density at radius 1 is 1.06 bits per heavy atom. The van der Waals surface area contributed by atoms with Crippen molar-refractivity contribution in [2.45, 2.75) is 6.42 Å². The van der Waals surface area contributed by atoms with Crippen molar-refractivity contribution in [3.05, 3.63) is 59.4 Å². The van der Waals surface area contributed by atoms with Gasteiger partial charge < -0.3 is 9.30 Å². The highest BCUT2D eigenvalue weighted by Gasteiger charge is 2.27. The van der Waals surface area contributed by atoms with Crippen molar-refractivity contribution in [2.24, 2.45) is 0 Å². The summed E-state index contributed by atoms with van der Waals surface area (Å²) >= 11 is 0. The molecular weight excluding hydrogens is 198 g/mol. The van der Waals surface area contributed by atoms with E-state index >= 15 is 0 Å². The average molecular weight is 209 g/mol. The Morgan fingerprint density at radius 2 is 2.00 bits per heavy atom. The molecule has 1 aromatic heterocycles. The fraction of sp³-hybridized carbons (Fsp3) is 0.143. The summed E-state index contributed by atoms with van der Waals surface area (Å²) in [5.74, 6) is 1.00. The van der Waals surface area contributed by atoms with Gasteiger partial charge in [0.1, 0.15) is 12.4 Å². The lowest BCUT2D eigenvalue weighted by Gasteiger charge is -2.20. The lowest BCUT2D eigenvalue weighted by Crippen LogP contribution is -2.11. The van der Waals surface area contributed by atoms with E-state index in [0.29, 0.717) is 0 Å². The third-order valence-corrected chi connectivity index (χ3v) is 3.35. The second kappa shape index (κ2) is 2.79. The Hall–Kier alpha value is -1.96. The second-order valence-electron chi connectivity index (χ2n) is 4.28. The molecule has 0 saturated heterocycles. The highest BCUT2D eigenvalue weighted by Crippen LogP contribution is 2.39. The smallest absolute Gasteiger partial charge is 0.129 e. The van der Waals surface area contributed by atoms with E-state index in [4.69, 9.17) is 4.74 Å². The molecule has 0 bridgehead atoms. The van der Waals surface area contributed by atoms with Crippen LogP contribution in [-0.4, -0.2) is 11.2 Å². The van der Waals surface area contributed by atoms with Gasteiger partial charge in [-0.2, -0.15) is 0 Å². The normalized spacial score (nSPS) is 16.5. The summed E-state index contributed by atoms with van der Waals surface area (Å²) in [6, 6.07) is 12.6. The quantitative estimate of drug-likeness (QED) is 0.650. The molecule has 0 aliphatic carbocycles. The third-order valence-electron chi connectivity index (χ3n) is 3.35. The first kappa shape index (κ1) is 8.22. The van der Waals surface area contributed by atoms with Crippen molar-refractivity contribution < 1.29 is 4.74 Å². The van der Waals surface area contributed by atoms with E-state index in [2.05, 4.69) is 35.0 Å². The summed E-state index contributed by atoms with van der Waals surface area (Å²) in [5, 5.41) is 0. The standard InChI is InChI=1S/C14H11NO/c1-2-6-13-12(5-1)14-10(9-16-13)8-11-4-3-7-15(11)14/h1-7H,8-9H2. The predicted octanol–water partition coefficient (Wildman–Crippen LogP) is 2.70. The monoisotopic (exact) mass is 209 g/mol. The SMILES string of the molecule is c1ccc2c(c1)OCC1=C2n2cccc2C1. The van der Waals surface area contributed by atoms with Gasteiger partial charge in [0.15, 0.2) is 0 Å². The average Bonchev–Trinajstić information content (AvgIpc) is 2.88. The van der Waals surface area contributed by atoms with Gasteiger partial charge in [-0.15, -0.1) is 0 Å². The van der Waals surface area contributed by atoms with Crippen molar-refractivity contribution in [2.75, 3.05) is 6.61 Å². The Balaban J connectivity index is 2.01. The summed E-state index contributed by atoms with van der Waals surface area (Å²) in [5.41, 5.74) is 5.32. The van der Waals surface area contributed by atoms with Crippen LogP contribution >= 0.6 is 0 Å². The fourth-order valence-corrected chi connectivity index (χ4v) is 2.64. The van der Waals surface area contributed by atoms with E-state index in [0.717, 1.165) is 18.8 Å². The first-order valence-corrected chi connectivity index (χ1v) is 5.54. The number of aromatic nitrogens is 1. The van der Waals surface area contributed by atoms with Crippen molar-refractivity contribution in [3.8, 4) is 5.75 Å². The zero-order valence-electron chi connectivity index (χ0n) is 8.81. The first-order valence-electron chi connectivity index (χ1n) is 5.54. The molecule has 0 atom stereocenters. The van der Waals surface area contributed by atoms with Crippen LogP contribution < -0.4 is 4.74 Å². The Morgan fingerprint density at radius 3 is 3.00 bits per heavy atom. The Bertz CT molecular complexity index is 607. The molecule has 4 rings (SSSR count).